The molecule has 0 aliphatic heterocycles. The molecule has 1 N–H and O–H groups in total. The Balaban J connectivity index is 2.46. The molecular weight excluding hydrogens is 212 g/mol. The monoisotopic (exact) mass is 226 g/mol. The molecule has 0 aromatic carbocycles. The van der Waals surface area contributed by atoms with Crippen molar-refractivity contribution in [1.29, 1.82) is 0 Å². The van der Waals surface area contributed by atoms with Gasteiger partial charge >= 0.3 is 5.97 Å². The van der Waals surface area contributed by atoms with Gasteiger partial charge in [-0.15, -0.1) is 0 Å². The zero-order chi connectivity index (χ0) is 11.3. The number of rotatable bonds is 5. The second kappa shape index (κ2) is 5.70. The Kier molecular flexibility index (Phi) is 4.55. The Morgan fingerprint density at radius 1 is 1.47 bits per heavy atom. The maximum Gasteiger partial charge on any atom is 0.338 e. The van der Waals surface area contributed by atoms with E-state index in [1.165, 1.54) is 12.4 Å². The number of thioether (sulfide) groups is 1. The summed E-state index contributed by atoms with van der Waals surface area (Å²) in [6.45, 7) is 4.32. The van der Waals surface area contributed by atoms with Gasteiger partial charge in [0.25, 0.3) is 0 Å². The van der Waals surface area contributed by atoms with E-state index in [-0.39, 0.29) is 5.56 Å². The summed E-state index contributed by atoms with van der Waals surface area (Å²) < 4.78 is 0. The highest BCUT2D eigenvalue weighted by atomic mass is 32.2. The van der Waals surface area contributed by atoms with Crippen LogP contribution in [0.15, 0.2) is 17.6 Å². The Morgan fingerprint density at radius 3 is 2.53 bits per heavy atom. The summed E-state index contributed by atoms with van der Waals surface area (Å²) in [6, 6.07) is 0. The van der Waals surface area contributed by atoms with Gasteiger partial charge in [-0.3, -0.25) is 0 Å². The summed E-state index contributed by atoms with van der Waals surface area (Å²) in [5.74, 6) is 0.633. The molecule has 82 valence electrons. The van der Waals surface area contributed by atoms with Gasteiger partial charge in [0.2, 0.25) is 0 Å². The molecule has 0 unspecified atom stereocenters. The van der Waals surface area contributed by atoms with Gasteiger partial charge in [0.05, 0.1) is 5.56 Å². The highest BCUT2D eigenvalue weighted by Crippen LogP contribution is 2.15. The van der Waals surface area contributed by atoms with E-state index in [1.54, 1.807) is 11.8 Å². The number of hydrogen-bond donors (Lipinski definition) is 1. The van der Waals surface area contributed by atoms with Crippen LogP contribution in [0.25, 0.3) is 0 Å². The SMILES string of the molecule is CC(C)CCSc1ncc(C(=O)O)cn1. The lowest BCUT2D eigenvalue weighted by atomic mass is 10.2. The molecule has 1 rings (SSSR count). The number of carbonyl (C=O) groups is 1. The van der Waals surface area contributed by atoms with Crippen LogP contribution in [0.1, 0.15) is 30.6 Å². The van der Waals surface area contributed by atoms with Gasteiger partial charge in [-0.2, -0.15) is 0 Å². The van der Waals surface area contributed by atoms with Crippen molar-refractivity contribution in [3.63, 3.8) is 0 Å². The van der Waals surface area contributed by atoms with Gasteiger partial charge in [-0.05, 0) is 12.3 Å². The molecule has 1 aromatic heterocycles. The van der Waals surface area contributed by atoms with Crippen molar-refractivity contribution >= 4 is 17.7 Å². The highest BCUT2D eigenvalue weighted by Gasteiger charge is 2.04. The molecule has 0 amide bonds. The van der Waals surface area contributed by atoms with Crippen LogP contribution in [-0.2, 0) is 0 Å². The highest BCUT2D eigenvalue weighted by molar-refractivity contribution is 7.99. The minimum Gasteiger partial charge on any atom is -0.478 e. The zero-order valence-corrected chi connectivity index (χ0v) is 9.62. The van der Waals surface area contributed by atoms with Crippen molar-refractivity contribution in [3.8, 4) is 0 Å². The molecule has 0 aliphatic rings. The topological polar surface area (TPSA) is 63.1 Å². The van der Waals surface area contributed by atoms with Crippen LogP contribution in [0.2, 0.25) is 0 Å². The molecule has 0 radical (unpaired) electrons. The molecule has 0 fully saturated rings. The largest absolute Gasteiger partial charge is 0.478 e. The van der Waals surface area contributed by atoms with Crippen molar-refractivity contribution in [2.45, 2.75) is 25.4 Å². The van der Waals surface area contributed by atoms with E-state index in [2.05, 4.69) is 23.8 Å². The average molecular weight is 226 g/mol. The lowest BCUT2D eigenvalue weighted by Crippen LogP contribution is -1.99. The van der Waals surface area contributed by atoms with Gasteiger partial charge in [0.1, 0.15) is 0 Å². The number of carboxylic acids is 1. The summed E-state index contributed by atoms with van der Waals surface area (Å²) >= 11 is 1.55. The van der Waals surface area contributed by atoms with Crippen LogP contribution in [-0.4, -0.2) is 26.8 Å². The fourth-order valence-electron chi connectivity index (χ4n) is 0.887. The summed E-state index contributed by atoms with van der Waals surface area (Å²) in [5, 5.41) is 9.28. The minimum atomic E-state index is -0.992. The van der Waals surface area contributed by atoms with Gasteiger partial charge in [0, 0.05) is 18.1 Å². The first-order valence-corrected chi connectivity index (χ1v) is 5.76. The van der Waals surface area contributed by atoms with Crippen molar-refractivity contribution in [1.82, 2.24) is 9.97 Å². The third-order valence-electron chi connectivity index (χ3n) is 1.80. The summed E-state index contributed by atoms with van der Waals surface area (Å²) in [4.78, 5) is 18.5. The normalized spacial score (nSPS) is 10.6. The van der Waals surface area contributed by atoms with Crippen LogP contribution in [0.4, 0.5) is 0 Å². The number of hydrogen-bond acceptors (Lipinski definition) is 4. The molecule has 1 aromatic rings. The van der Waals surface area contributed by atoms with Crippen LogP contribution in [0.5, 0.6) is 0 Å². The molecule has 5 heteroatoms. The number of aromatic nitrogens is 2. The second-order valence-electron chi connectivity index (χ2n) is 3.59. The number of carboxylic acid groups (broad SMARTS) is 1. The molecule has 0 spiro atoms. The molecule has 0 saturated carbocycles. The Hall–Kier alpha value is -1.10. The zero-order valence-electron chi connectivity index (χ0n) is 8.80. The summed E-state index contributed by atoms with van der Waals surface area (Å²) in [5.41, 5.74) is 0.128. The van der Waals surface area contributed by atoms with E-state index in [0.29, 0.717) is 11.1 Å². The van der Waals surface area contributed by atoms with Gasteiger partial charge < -0.3 is 5.11 Å². The third-order valence-corrected chi connectivity index (χ3v) is 2.71. The Morgan fingerprint density at radius 2 is 2.07 bits per heavy atom. The number of aromatic carboxylic acids is 1. The third kappa shape index (κ3) is 4.29. The standard InChI is InChI=1S/C10H14N2O2S/c1-7(2)3-4-15-10-11-5-8(6-12-10)9(13)14/h5-7H,3-4H2,1-2H3,(H,13,14). The summed E-state index contributed by atoms with van der Waals surface area (Å²) in [6.07, 6.45) is 3.79. The lowest BCUT2D eigenvalue weighted by Gasteiger charge is -2.02. The summed E-state index contributed by atoms with van der Waals surface area (Å²) in [7, 11) is 0. The van der Waals surface area contributed by atoms with Gasteiger partial charge in [-0.1, -0.05) is 25.6 Å². The van der Waals surface area contributed by atoms with Crippen molar-refractivity contribution < 1.29 is 9.90 Å². The average Bonchev–Trinajstić information content (AvgIpc) is 2.18. The van der Waals surface area contributed by atoms with E-state index < -0.39 is 5.97 Å². The van der Waals surface area contributed by atoms with E-state index in [0.717, 1.165) is 12.2 Å². The smallest absolute Gasteiger partial charge is 0.338 e. The first-order valence-electron chi connectivity index (χ1n) is 4.77. The van der Waals surface area contributed by atoms with Crippen LogP contribution < -0.4 is 0 Å². The maximum atomic E-state index is 10.5. The molecule has 4 nitrogen and oxygen atoms in total. The van der Waals surface area contributed by atoms with E-state index in [1.807, 2.05) is 0 Å². The molecule has 0 bridgehead atoms. The second-order valence-corrected chi connectivity index (χ2v) is 4.65. The minimum absolute atomic E-state index is 0.128. The molecule has 0 aliphatic carbocycles. The first-order chi connectivity index (χ1) is 7.09. The van der Waals surface area contributed by atoms with Crippen molar-refractivity contribution in [2.24, 2.45) is 5.92 Å². The van der Waals surface area contributed by atoms with E-state index in [4.69, 9.17) is 5.11 Å². The van der Waals surface area contributed by atoms with Gasteiger partial charge in [-0.25, -0.2) is 14.8 Å². The van der Waals surface area contributed by atoms with Gasteiger partial charge in [0.15, 0.2) is 5.16 Å². The van der Waals surface area contributed by atoms with Crippen LogP contribution in [0, 0.1) is 5.92 Å². The molecule has 0 atom stereocenters. The van der Waals surface area contributed by atoms with Crippen LogP contribution in [0.3, 0.4) is 0 Å². The predicted octanol–water partition coefficient (Wildman–Crippen LogP) is 2.31. The van der Waals surface area contributed by atoms with E-state index >= 15 is 0 Å². The molecule has 15 heavy (non-hydrogen) atoms. The fraction of sp³-hybridized carbons (Fsp3) is 0.500. The molecule has 1 heterocycles. The molecular formula is C10H14N2O2S. The first kappa shape index (κ1) is 12.0. The fourth-order valence-corrected chi connectivity index (χ4v) is 1.91. The Bertz CT molecular complexity index is 325. The maximum absolute atomic E-state index is 10.5. The van der Waals surface area contributed by atoms with E-state index in [9.17, 15) is 4.79 Å². The molecule has 0 saturated heterocycles. The number of nitrogens with zero attached hydrogens (tertiary/aromatic N) is 2. The lowest BCUT2D eigenvalue weighted by molar-refractivity contribution is 0.0695. The quantitative estimate of drug-likeness (QED) is 0.616. The Labute approximate surface area is 93.1 Å². The predicted molar refractivity (Wildman–Crippen MR) is 59.2 cm³/mol. The van der Waals surface area contributed by atoms with Crippen molar-refractivity contribution in [2.75, 3.05) is 5.75 Å². The van der Waals surface area contributed by atoms with Crippen molar-refractivity contribution in [3.05, 3.63) is 18.0 Å². The van der Waals surface area contributed by atoms with Crippen LogP contribution >= 0.6 is 11.8 Å².